The minimum atomic E-state index is 0.659. The molecule has 110 valence electrons. The molecule has 0 bridgehead atoms. The van der Waals surface area contributed by atoms with Gasteiger partial charge in [0.15, 0.2) is 0 Å². The van der Waals surface area contributed by atoms with E-state index in [1.54, 1.807) is 0 Å². The molecule has 1 N–H and O–H groups in total. The van der Waals surface area contributed by atoms with Gasteiger partial charge in [0, 0.05) is 36.7 Å². The zero-order valence-corrected chi connectivity index (χ0v) is 12.7. The first kappa shape index (κ1) is 14.0. The molecule has 3 rings (SSSR count). The van der Waals surface area contributed by atoms with Gasteiger partial charge in [0.1, 0.15) is 0 Å². The highest BCUT2D eigenvalue weighted by atomic mass is 15.3. The van der Waals surface area contributed by atoms with Crippen LogP contribution < -0.4 is 10.2 Å². The van der Waals surface area contributed by atoms with Crippen LogP contribution in [-0.2, 0) is 13.0 Å². The summed E-state index contributed by atoms with van der Waals surface area (Å²) in [6.07, 6.45) is 4.92. The second-order valence-electron chi connectivity index (χ2n) is 5.95. The predicted molar refractivity (Wildman–Crippen MR) is 85.7 cm³/mol. The number of rotatable bonds is 5. The molecule has 4 heteroatoms. The van der Waals surface area contributed by atoms with Crippen molar-refractivity contribution < 1.29 is 0 Å². The van der Waals surface area contributed by atoms with Gasteiger partial charge >= 0.3 is 0 Å². The molecule has 1 aromatic carbocycles. The zero-order valence-electron chi connectivity index (χ0n) is 12.7. The molecule has 1 aliphatic heterocycles. The highest BCUT2D eigenvalue weighted by Gasteiger charge is 2.21. The molecule has 0 atom stereocenters. The molecule has 0 radical (unpaired) electrons. The summed E-state index contributed by atoms with van der Waals surface area (Å²) in [6, 6.07) is 8.48. The lowest BCUT2D eigenvalue weighted by molar-refractivity contribution is 0.551. The van der Waals surface area contributed by atoms with Crippen LogP contribution >= 0.6 is 0 Å². The molecule has 0 saturated carbocycles. The number of hydrogen-bond donors (Lipinski definition) is 1. The topological polar surface area (TPSA) is 41.1 Å². The Kier molecular flexibility index (Phi) is 4.15. The third-order valence-electron chi connectivity index (χ3n) is 3.70. The minimum absolute atomic E-state index is 0.659. The molecule has 0 fully saturated rings. The van der Waals surface area contributed by atoms with Crippen LogP contribution in [0.15, 0.2) is 36.7 Å². The van der Waals surface area contributed by atoms with E-state index in [4.69, 9.17) is 0 Å². The zero-order chi connectivity index (χ0) is 14.7. The molecule has 1 aromatic heterocycles. The van der Waals surface area contributed by atoms with Crippen molar-refractivity contribution in [2.75, 3.05) is 18.0 Å². The molecule has 0 saturated heterocycles. The van der Waals surface area contributed by atoms with Gasteiger partial charge in [0.25, 0.3) is 0 Å². The van der Waals surface area contributed by atoms with Crippen LogP contribution in [0.3, 0.4) is 0 Å². The summed E-state index contributed by atoms with van der Waals surface area (Å²) in [5, 5.41) is 3.41. The lowest BCUT2D eigenvalue weighted by Crippen LogP contribution is -2.20. The molecule has 4 nitrogen and oxygen atoms in total. The molecule has 0 unspecified atom stereocenters. The smallest absolute Gasteiger partial charge is 0.229 e. The molecule has 1 aliphatic rings. The van der Waals surface area contributed by atoms with Gasteiger partial charge in [-0.2, -0.15) is 0 Å². The maximum absolute atomic E-state index is 4.53. The summed E-state index contributed by atoms with van der Waals surface area (Å²) in [4.78, 5) is 11.3. The number of para-hydroxylation sites is 1. The fourth-order valence-corrected chi connectivity index (χ4v) is 2.63. The van der Waals surface area contributed by atoms with Gasteiger partial charge < -0.3 is 10.2 Å². The molecular weight excluding hydrogens is 260 g/mol. The van der Waals surface area contributed by atoms with Gasteiger partial charge in [0.2, 0.25) is 5.95 Å². The number of nitrogens with zero attached hydrogens (tertiary/aromatic N) is 3. The predicted octanol–water partition coefficient (Wildman–Crippen LogP) is 2.92. The number of nitrogens with one attached hydrogen (secondary N) is 1. The fraction of sp³-hybridized carbons (Fsp3) is 0.412. The van der Waals surface area contributed by atoms with Gasteiger partial charge in [-0.05, 0) is 30.5 Å². The average Bonchev–Trinajstić information content (AvgIpc) is 2.92. The maximum atomic E-state index is 4.53. The lowest BCUT2D eigenvalue weighted by atomic mass is 10.2. The van der Waals surface area contributed by atoms with E-state index in [0.29, 0.717) is 5.92 Å². The number of fused-ring (bicyclic) bond motifs is 1. The normalized spacial score (nSPS) is 13.8. The minimum Gasteiger partial charge on any atom is -0.312 e. The molecule has 2 heterocycles. The Morgan fingerprint density at radius 3 is 2.71 bits per heavy atom. The van der Waals surface area contributed by atoms with E-state index in [-0.39, 0.29) is 0 Å². The fourth-order valence-electron chi connectivity index (χ4n) is 2.63. The number of aromatic nitrogens is 2. The van der Waals surface area contributed by atoms with Crippen LogP contribution in [0.5, 0.6) is 0 Å². The van der Waals surface area contributed by atoms with Gasteiger partial charge in [-0.25, -0.2) is 9.97 Å². The van der Waals surface area contributed by atoms with Crippen molar-refractivity contribution in [2.45, 2.75) is 26.8 Å². The quantitative estimate of drug-likeness (QED) is 0.915. The molecule has 0 amide bonds. The molecule has 0 spiro atoms. The Balaban J connectivity index is 1.68. The first-order chi connectivity index (χ1) is 10.2. The molecule has 0 aliphatic carbocycles. The van der Waals surface area contributed by atoms with Crippen LogP contribution in [0.1, 0.15) is 25.0 Å². The van der Waals surface area contributed by atoms with Crippen molar-refractivity contribution in [3.63, 3.8) is 0 Å². The number of anilines is 2. The van der Waals surface area contributed by atoms with E-state index < -0.39 is 0 Å². The third-order valence-corrected chi connectivity index (χ3v) is 3.70. The number of hydrogen-bond acceptors (Lipinski definition) is 4. The van der Waals surface area contributed by atoms with Crippen molar-refractivity contribution in [1.82, 2.24) is 15.3 Å². The van der Waals surface area contributed by atoms with Crippen molar-refractivity contribution in [1.29, 1.82) is 0 Å². The Morgan fingerprint density at radius 2 is 1.95 bits per heavy atom. The summed E-state index contributed by atoms with van der Waals surface area (Å²) in [5.74, 6) is 1.46. The van der Waals surface area contributed by atoms with Crippen LogP contribution in [-0.4, -0.2) is 23.1 Å². The lowest BCUT2D eigenvalue weighted by Gasteiger charge is -2.17. The highest BCUT2D eigenvalue weighted by molar-refractivity contribution is 5.65. The Hall–Kier alpha value is -1.94. The van der Waals surface area contributed by atoms with E-state index in [1.165, 1.54) is 11.3 Å². The largest absolute Gasteiger partial charge is 0.312 e. The Labute approximate surface area is 126 Å². The summed E-state index contributed by atoms with van der Waals surface area (Å²) in [6.45, 7) is 7.22. The highest BCUT2D eigenvalue weighted by Crippen LogP contribution is 2.31. The second kappa shape index (κ2) is 6.22. The van der Waals surface area contributed by atoms with E-state index >= 15 is 0 Å². The standard InChI is InChI=1S/C17H22N4/c1-13(2)9-18-10-14-11-19-17(20-12-14)21-8-7-15-5-3-4-6-16(15)21/h3-6,11-13,18H,7-10H2,1-2H3. The second-order valence-corrected chi connectivity index (χ2v) is 5.95. The van der Waals surface area contributed by atoms with Gasteiger partial charge in [0.05, 0.1) is 0 Å². The summed E-state index contributed by atoms with van der Waals surface area (Å²) >= 11 is 0. The van der Waals surface area contributed by atoms with Crippen molar-refractivity contribution in [3.05, 3.63) is 47.8 Å². The summed E-state index contributed by atoms with van der Waals surface area (Å²) in [7, 11) is 0. The third kappa shape index (κ3) is 3.22. The van der Waals surface area contributed by atoms with E-state index in [9.17, 15) is 0 Å². The molecular formula is C17H22N4. The van der Waals surface area contributed by atoms with Crippen LogP contribution in [0.2, 0.25) is 0 Å². The maximum Gasteiger partial charge on any atom is 0.229 e. The van der Waals surface area contributed by atoms with E-state index in [0.717, 1.165) is 37.6 Å². The van der Waals surface area contributed by atoms with Crippen LogP contribution in [0, 0.1) is 5.92 Å². The first-order valence-electron chi connectivity index (χ1n) is 7.61. The number of benzene rings is 1. The Morgan fingerprint density at radius 1 is 1.19 bits per heavy atom. The van der Waals surface area contributed by atoms with Crippen LogP contribution in [0.4, 0.5) is 11.6 Å². The van der Waals surface area contributed by atoms with Crippen molar-refractivity contribution in [3.8, 4) is 0 Å². The summed E-state index contributed by atoms with van der Waals surface area (Å²) < 4.78 is 0. The van der Waals surface area contributed by atoms with Gasteiger partial charge in [-0.3, -0.25) is 0 Å². The van der Waals surface area contributed by atoms with Gasteiger partial charge in [-0.15, -0.1) is 0 Å². The van der Waals surface area contributed by atoms with Crippen molar-refractivity contribution >= 4 is 11.6 Å². The first-order valence-corrected chi connectivity index (χ1v) is 7.61. The van der Waals surface area contributed by atoms with E-state index in [2.05, 4.69) is 58.3 Å². The Bertz CT molecular complexity index is 592. The van der Waals surface area contributed by atoms with E-state index in [1.807, 2.05) is 12.4 Å². The monoisotopic (exact) mass is 282 g/mol. The van der Waals surface area contributed by atoms with Crippen LogP contribution in [0.25, 0.3) is 0 Å². The average molecular weight is 282 g/mol. The van der Waals surface area contributed by atoms with Gasteiger partial charge in [-0.1, -0.05) is 32.0 Å². The summed E-state index contributed by atoms with van der Waals surface area (Å²) in [5.41, 5.74) is 3.75. The molecule has 21 heavy (non-hydrogen) atoms. The SMILES string of the molecule is CC(C)CNCc1cnc(N2CCc3ccccc32)nc1. The van der Waals surface area contributed by atoms with Crippen molar-refractivity contribution in [2.24, 2.45) is 5.92 Å². The molecule has 2 aromatic rings.